The van der Waals surface area contributed by atoms with E-state index in [4.69, 9.17) is 11.6 Å². The van der Waals surface area contributed by atoms with Crippen molar-refractivity contribution in [3.05, 3.63) is 64.9 Å². The van der Waals surface area contributed by atoms with E-state index in [1.165, 1.54) is 12.0 Å². The van der Waals surface area contributed by atoms with Crippen LogP contribution in [0.2, 0.25) is 5.02 Å². The molecule has 0 spiro atoms. The average Bonchev–Trinajstić information content (AvgIpc) is 3.03. The van der Waals surface area contributed by atoms with Gasteiger partial charge in [0.1, 0.15) is 5.65 Å². The molecule has 4 rings (SSSR count). The lowest BCUT2D eigenvalue weighted by molar-refractivity contribution is 0.0868. The van der Waals surface area contributed by atoms with Gasteiger partial charge in [-0.3, -0.25) is 4.79 Å². The maximum Gasteiger partial charge on any atom is 0.253 e. The Kier molecular flexibility index (Phi) is 4.92. The normalized spacial score (nSPS) is 16.4. The maximum atomic E-state index is 13.0. The van der Waals surface area contributed by atoms with Gasteiger partial charge in [0.05, 0.1) is 5.56 Å². The second-order valence-electron chi connectivity index (χ2n) is 7.67. The first-order chi connectivity index (χ1) is 13.0. The smallest absolute Gasteiger partial charge is 0.253 e. The van der Waals surface area contributed by atoms with Gasteiger partial charge >= 0.3 is 0 Å². The monoisotopic (exact) mass is 381 g/mol. The summed E-state index contributed by atoms with van der Waals surface area (Å²) in [6.45, 7) is 0. The van der Waals surface area contributed by atoms with Crippen molar-refractivity contribution in [1.29, 1.82) is 0 Å². The summed E-state index contributed by atoms with van der Waals surface area (Å²) in [5.41, 5.74) is 2.45. The maximum absolute atomic E-state index is 13.0. The van der Waals surface area contributed by atoms with Crippen LogP contribution < -0.4 is 5.32 Å². The van der Waals surface area contributed by atoms with Crippen LogP contribution in [-0.2, 0) is 13.5 Å². The number of aryl methyl sites for hydroxylation is 1. The van der Waals surface area contributed by atoms with Crippen LogP contribution in [0.3, 0.4) is 0 Å². The molecule has 1 fully saturated rings. The molecule has 1 aliphatic rings. The molecule has 0 saturated heterocycles. The van der Waals surface area contributed by atoms with Gasteiger partial charge in [0, 0.05) is 35.4 Å². The fraction of sp³-hybridized carbons (Fsp3) is 0.364. The number of nitrogens with zero attached hydrogens (tertiary/aromatic N) is 2. The van der Waals surface area contributed by atoms with Gasteiger partial charge in [0.15, 0.2) is 0 Å². The summed E-state index contributed by atoms with van der Waals surface area (Å²) in [6, 6.07) is 11.9. The number of benzene rings is 1. The predicted octanol–water partition coefficient (Wildman–Crippen LogP) is 4.90. The van der Waals surface area contributed by atoms with Gasteiger partial charge in [-0.1, -0.05) is 43.0 Å². The number of pyridine rings is 1. The number of halogens is 1. The Morgan fingerprint density at radius 3 is 2.81 bits per heavy atom. The number of carbonyl (C=O) groups excluding carboxylic acids is 1. The van der Waals surface area contributed by atoms with Gasteiger partial charge in [0.2, 0.25) is 0 Å². The number of hydrogen-bond acceptors (Lipinski definition) is 2. The number of hydrogen-bond donors (Lipinski definition) is 1. The second-order valence-corrected chi connectivity index (χ2v) is 8.10. The molecule has 0 bridgehead atoms. The van der Waals surface area contributed by atoms with Crippen molar-refractivity contribution >= 4 is 28.5 Å². The van der Waals surface area contributed by atoms with Crippen molar-refractivity contribution in [2.45, 2.75) is 44.1 Å². The molecule has 1 amide bonds. The van der Waals surface area contributed by atoms with E-state index in [0.29, 0.717) is 5.56 Å². The van der Waals surface area contributed by atoms with E-state index in [0.717, 1.165) is 48.2 Å². The van der Waals surface area contributed by atoms with Crippen molar-refractivity contribution < 1.29 is 4.79 Å². The first kappa shape index (κ1) is 18.1. The lowest BCUT2D eigenvalue weighted by Crippen LogP contribution is -2.51. The zero-order valence-corrected chi connectivity index (χ0v) is 16.3. The van der Waals surface area contributed by atoms with Crippen molar-refractivity contribution in [3.63, 3.8) is 0 Å². The molecule has 2 aromatic heterocycles. The van der Waals surface area contributed by atoms with Gasteiger partial charge in [-0.05, 0) is 49.1 Å². The third-order valence-corrected chi connectivity index (χ3v) is 5.83. The van der Waals surface area contributed by atoms with Crippen LogP contribution in [0.1, 0.15) is 48.0 Å². The van der Waals surface area contributed by atoms with Gasteiger partial charge in [0.25, 0.3) is 5.91 Å². The van der Waals surface area contributed by atoms with Gasteiger partial charge in [-0.15, -0.1) is 0 Å². The Hall–Kier alpha value is -2.33. The molecule has 0 aliphatic heterocycles. The molecule has 2 heterocycles. The Morgan fingerprint density at radius 1 is 1.22 bits per heavy atom. The minimum atomic E-state index is -0.217. The van der Waals surface area contributed by atoms with Crippen LogP contribution in [0, 0.1) is 0 Å². The zero-order chi connectivity index (χ0) is 18.9. The van der Waals surface area contributed by atoms with E-state index in [1.807, 2.05) is 48.1 Å². The molecule has 0 unspecified atom stereocenters. The van der Waals surface area contributed by atoms with Crippen molar-refractivity contribution in [2.24, 2.45) is 7.05 Å². The minimum absolute atomic E-state index is 0.0443. The molecule has 3 aromatic rings. The highest BCUT2D eigenvalue weighted by Gasteiger charge is 2.34. The molecule has 1 aliphatic carbocycles. The van der Waals surface area contributed by atoms with Crippen molar-refractivity contribution in [3.8, 4) is 0 Å². The zero-order valence-electron chi connectivity index (χ0n) is 15.5. The van der Waals surface area contributed by atoms with Crippen LogP contribution in [0.5, 0.6) is 0 Å². The molecule has 1 aromatic carbocycles. The summed E-state index contributed by atoms with van der Waals surface area (Å²) in [7, 11) is 1.96. The van der Waals surface area contributed by atoms with E-state index in [1.54, 1.807) is 6.20 Å². The highest BCUT2D eigenvalue weighted by Crippen LogP contribution is 2.32. The van der Waals surface area contributed by atoms with Crippen molar-refractivity contribution in [1.82, 2.24) is 14.9 Å². The summed E-state index contributed by atoms with van der Waals surface area (Å²) in [6.07, 6.45) is 9.92. The minimum Gasteiger partial charge on any atom is -0.346 e. The Morgan fingerprint density at radius 2 is 2.04 bits per heavy atom. The lowest BCUT2D eigenvalue weighted by Gasteiger charge is -2.38. The van der Waals surface area contributed by atoms with Crippen LogP contribution in [0.25, 0.3) is 11.0 Å². The van der Waals surface area contributed by atoms with E-state index >= 15 is 0 Å². The molecule has 1 N–H and O–H groups in total. The standard InChI is InChI=1S/C22H24ClN3O/c1-26-11-8-17-13-18(15-24-20(17)26)21(27)25-22(9-3-2-4-10-22)14-16-6-5-7-19(23)12-16/h5-8,11-13,15H,2-4,9-10,14H2,1H3,(H,25,27). The van der Waals surface area contributed by atoms with Gasteiger partial charge in [-0.25, -0.2) is 4.98 Å². The summed E-state index contributed by atoms with van der Waals surface area (Å²) in [5, 5.41) is 5.08. The highest BCUT2D eigenvalue weighted by atomic mass is 35.5. The second kappa shape index (κ2) is 7.35. The Labute approximate surface area is 164 Å². The van der Waals surface area contributed by atoms with Gasteiger partial charge < -0.3 is 9.88 Å². The van der Waals surface area contributed by atoms with E-state index in [2.05, 4.69) is 16.4 Å². The quantitative estimate of drug-likeness (QED) is 0.698. The lowest BCUT2D eigenvalue weighted by atomic mass is 9.77. The van der Waals surface area contributed by atoms with Crippen LogP contribution in [0.4, 0.5) is 0 Å². The number of carbonyl (C=O) groups is 1. The first-order valence-corrected chi connectivity index (χ1v) is 9.91. The predicted molar refractivity (Wildman–Crippen MR) is 109 cm³/mol. The summed E-state index contributed by atoms with van der Waals surface area (Å²) >= 11 is 6.17. The third kappa shape index (κ3) is 3.86. The van der Waals surface area contributed by atoms with E-state index < -0.39 is 0 Å². The number of rotatable bonds is 4. The average molecular weight is 382 g/mol. The third-order valence-electron chi connectivity index (χ3n) is 5.59. The van der Waals surface area contributed by atoms with Crippen molar-refractivity contribution in [2.75, 3.05) is 0 Å². The van der Waals surface area contributed by atoms with E-state index in [9.17, 15) is 4.79 Å². The van der Waals surface area contributed by atoms with E-state index in [-0.39, 0.29) is 11.4 Å². The highest BCUT2D eigenvalue weighted by molar-refractivity contribution is 6.30. The van der Waals surface area contributed by atoms with Crippen LogP contribution in [-0.4, -0.2) is 21.0 Å². The van der Waals surface area contributed by atoms with Gasteiger partial charge in [-0.2, -0.15) is 0 Å². The number of amides is 1. The number of fused-ring (bicyclic) bond motifs is 1. The molecule has 0 radical (unpaired) electrons. The Bertz CT molecular complexity index is 973. The van der Waals surface area contributed by atoms with Crippen LogP contribution in [0.15, 0.2) is 48.8 Å². The molecule has 1 saturated carbocycles. The molecule has 27 heavy (non-hydrogen) atoms. The first-order valence-electron chi connectivity index (χ1n) is 9.53. The molecular formula is C22H24ClN3O. The fourth-order valence-electron chi connectivity index (χ4n) is 4.20. The molecular weight excluding hydrogens is 358 g/mol. The molecule has 0 atom stereocenters. The number of aromatic nitrogens is 2. The largest absolute Gasteiger partial charge is 0.346 e. The topological polar surface area (TPSA) is 46.9 Å². The SMILES string of the molecule is Cn1ccc2cc(C(=O)NC3(Cc4cccc(Cl)c4)CCCCC3)cnc21. The number of nitrogens with one attached hydrogen (secondary N) is 1. The summed E-state index contributed by atoms with van der Waals surface area (Å²) in [4.78, 5) is 17.5. The molecule has 4 nitrogen and oxygen atoms in total. The molecule has 5 heteroatoms. The summed E-state index contributed by atoms with van der Waals surface area (Å²) in [5.74, 6) is -0.0443. The summed E-state index contributed by atoms with van der Waals surface area (Å²) < 4.78 is 1.96. The fourth-order valence-corrected chi connectivity index (χ4v) is 4.42. The molecule has 140 valence electrons. The van der Waals surface area contributed by atoms with Crippen LogP contribution >= 0.6 is 11.6 Å². The Balaban J connectivity index is 1.59.